The summed E-state index contributed by atoms with van der Waals surface area (Å²) in [7, 11) is 1.65. The van der Waals surface area contributed by atoms with Crippen LogP contribution < -0.4 is 10.2 Å². The lowest BCUT2D eigenvalue weighted by atomic mass is 10.1. The molecule has 4 aromatic rings. The number of ether oxygens (including phenoxy) is 1. The number of nitrogens with zero attached hydrogens (tertiary/aromatic N) is 4. The maximum absolute atomic E-state index is 12.2. The van der Waals surface area contributed by atoms with Crippen molar-refractivity contribution in [2.75, 3.05) is 23.9 Å². The highest BCUT2D eigenvalue weighted by Gasteiger charge is 2.17. The van der Waals surface area contributed by atoms with Crippen molar-refractivity contribution in [2.45, 2.75) is 13.8 Å². The molecular weight excluding hydrogens is 356 g/mol. The molecule has 0 radical (unpaired) electrons. The van der Waals surface area contributed by atoms with Gasteiger partial charge in [-0.05, 0) is 31.5 Å². The number of imidazole rings is 1. The first-order valence-electron chi connectivity index (χ1n) is 8.94. The Morgan fingerprint density at radius 1 is 1.25 bits per heavy atom. The predicted molar refractivity (Wildman–Crippen MR) is 109 cm³/mol. The van der Waals surface area contributed by atoms with Crippen molar-refractivity contribution in [1.29, 1.82) is 0 Å². The predicted octanol–water partition coefficient (Wildman–Crippen LogP) is 4.15. The van der Waals surface area contributed by atoms with Crippen LogP contribution in [0.2, 0.25) is 0 Å². The summed E-state index contributed by atoms with van der Waals surface area (Å²) in [6.07, 6.45) is 2.94. The van der Waals surface area contributed by atoms with Crippen molar-refractivity contribution in [1.82, 2.24) is 19.9 Å². The summed E-state index contributed by atoms with van der Waals surface area (Å²) in [6, 6.07) is 9.71. The van der Waals surface area contributed by atoms with Gasteiger partial charge in [-0.1, -0.05) is 18.2 Å². The first-order chi connectivity index (χ1) is 13.6. The van der Waals surface area contributed by atoms with Crippen molar-refractivity contribution < 1.29 is 9.53 Å². The Labute approximate surface area is 161 Å². The summed E-state index contributed by atoms with van der Waals surface area (Å²) in [5, 5.41) is 4.21. The Bertz CT molecular complexity index is 1170. The zero-order valence-electron chi connectivity index (χ0n) is 15.9. The second-order valence-electron chi connectivity index (χ2n) is 6.38. The van der Waals surface area contributed by atoms with Crippen LogP contribution >= 0.6 is 0 Å². The number of anilines is 3. The highest BCUT2D eigenvalue weighted by Crippen LogP contribution is 2.30. The fraction of sp³-hybridized carbons (Fsp3) is 0.200. The molecule has 8 nitrogen and oxygen atoms in total. The van der Waals surface area contributed by atoms with Crippen LogP contribution in [-0.4, -0.2) is 39.7 Å². The number of aromatic amines is 1. The quantitative estimate of drug-likeness (QED) is 0.555. The molecule has 4 rings (SSSR count). The van der Waals surface area contributed by atoms with Gasteiger partial charge in [-0.2, -0.15) is 0 Å². The van der Waals surface area contributed by atoms with E-state index >= 15 is 0 Å². The molecule has 0 fully saturated rings. The number of benzene rings is 2. The number of aryl methyl sites for hydroxylation is 1. The van der Waals surface area contributed by atoms with E-state index < -0.39 is 6.09 Å². The minimum absolute atomic E-state index is 0.301. The third kappa shape index (κ3) is 3.20. The van der Waals surface area contributed by atoms with E-state index in [4.69, 9.17) is 4.74 Å². The lowest BCUT2D eigenvalue weighted by molar-refractivity contribution is 0.161. The van der Waals surface area contributed by atoms with Crippen LogP contribution in [0.1, 0.15) is 12.5 Å². The van der Waals surface area contributed by atoms with E-state index in [0.717, 1.165) is 27.7 Å². The Morgan fingerprint density at radius 3 is 2.93 bits per heavy atom. The number of aromatic nitrogens is 4. The van der Waals surface area contributed by atoms with Crippen LogP contribution in [0.5, 0.6) is 0 Å². The number of H-pyrrole nitrogens is 1. The van der Waals surface area contributed by atoms with Crippen LogP contribution in [0.15, 0.2) is 42.9 Å². The van der Waals surface area contributed by atoms with Crippen molar-refractivity contribution in [3.63, 3.8) is 0 Å². The summed E-state index contributed by atoms with van der Waals surface area (Å²) in [4.78, 5) is 30.0. The van der Waals surface area contributed by atoms with Crippen LogP contribution in [0.25, 0.3) is 21.9 Å². The van der Waals surface area contributed by atoms with Crippen molar-refractivity contribution in [3.05, 3.63) is 48.4 Å². The second-order valence-corrected chi connectivity index (χ2v) is 6.38. The summed E-state index contributed by atoms with van der Waals surface area (Å²) in [5.41, 5.74) is 4.79. The molecule has 0 aliphatic heterocycles. The van der Waals surface area contributed by atoms with Gasteiger partial charge in [0, 0.05) is 24.3 Å². The zero-order valence-corrected chi connectivity index (χ0v) is 15.9. The van der Waals surface area contributed by atoms with Gasteiger partial charge in [-0.25, -0.2) is 19.7 Å². The topological polar surface area (TPSA) is 96.0 Å². The normalized spacial score (nSPS) is 11.0. The summed E-state index contributed by atoms with van der Waals surface area (Å²) < 4.78 is 5.11. The fourth-order valence-electron chi connectivity index (χ4n) is 3.07. The van der Waals surface area contributed by atoms with Gasteiger partial charge < -0.3 is 15.0 Å². The van der Waals surface area contributed by atoms with E-state index in [9.17, 15) is 4.79 Å². The van der Waals surface area contributed by atoms with Crippen LogP contribution in [0, 0.1) is 6.92 Å². The fourth-order valence-corrected chi connectivity index (χ4v) is 3.07. The molecule has 142 valence electrons. The summed E-state index contributed by atoms with van der Waals surface area (Å²) >= 11 is 0. The number of carbonyl (C=O) groups excluding carboxylic acids is 1. The lowest BCUT2D eigenvalue weighted by Gasteiger charge is -2.18. The first-order valence-corrected chi connectivity index (χ1v) is 8.94. The number of para-hydroxylation sites is 1. The Hall–Kier alpha value is -3.68. The number of carbonyl (C=O) groups is 1. The maximum atomic E-state index is 12.2. The number of hydrogen-bond acceptors (Lipinski definition) is 6. The molecule has 2 aromatic heterocycles. The summed E-state index contributed by atoms with van der Waals surface area (Å²) in [6.45, 7) is 4.09. The number of hydrogen-bond donors (Lipinski definition) is 2. The third-order valence-electron chi connectivity index (χ3n) is 4.48. The van der Waals surface area contributed by atoms with E-state index in [0.29, 0.717) is 23.8 Å². The molecule has 0 atom stereocenters. The van der Waals surface area contributed by atoms with E-state index in [1.807, 2.05) is 37.3 Å². The largest absolute Gasteiger partial charge is 0.449 e. The minimum Gasteiger partial charge on any atom is -0.449 e. The first kappa shape index (κ1) is 17.7. The van der Waals surface area contributed by atoms with E-state index in [1.54, 1.807) is 26.5 Å². The highest BCUT2D eigenvalue weighted by atomic mass is 16.6. The molecule has 0 saturated carbocycles. The highest BCUT2D eigenvalue weighted by molar-refractivity contribution is 6.00. The molecule has 0 bridgehead atoms. The second kappa shape index (κ2) is 7.15. The standard InChI is InChI=1S/C20H20N6O2/c1-4-28-20(27)26(3)16-9-14(8-15-18(16)23-11-22-15)24-19-21-10-13-7-5-6-12(2)17(13)25-19/h5-11H,4H2,1-3H3,(H,22,23)(H,21,24,25). The van der Waals surface area contributed by atoms with Gasteiger partial charge in [0.1, 0.15) is 5.52 Å². The molecule has 0 unspecified atom stereocenters. The summed E-state index contributed by atoms with van der Waals surface area (Å²) in [5.74, 6) is 0.477. The van der Waals surface area contributed by atoms with Crippen molar-refractivity contribution in [3.8, 4) is 0 Å². The average molecular weight is 376 g/mol. The molecule has 2 N–H and O–H groups in total. The Kier molecular flexibility index (Phi) is 4.52. The zero-order chi connectivity index (χ0) is 19.7. The number of nitrogens with one attached hydrogen (secondary N) is 2. The lowest BCUT2D eigenvalue weighted by Crippen LogP contribution is -2.27. The molecule has 8 heteroatoms. The number of fused-ring (bicyclic) bond motifs is 2. The van der Waals surface area contributed by atoms with Gasteiger partial charge in [0.25, 0.3) is 0 Å². The molecule has 2 aromatic carbocycles. The van der Waals surface area contributed by atoms with Crippen molar-refractivity contribution in [2.24, 2.45) is 0 Å². The van der Waals surface area contributed by atoms with Crippen LogP contribution in [0.4, 0.5) is 22.1 Å². The average Bonchev–Trinajstić information content (AvgIpc) is 3.16. The van der Waals surface area contributed by atoms with Gasteiger partial charge in [-0.3, -0.25) is 4.90 Å². The van der Waals surface area contributed by atoms with E-state index in [2.05, 4.69) is 25.3 Å². The monoisotopic (exact) mass is 376 g/mol. The van der Waals surface area contributed by atoms with E-state index in [-0.39, 0.29) is 0 Å². The Balaban J connectivity index is 1.73. The molecule has 0 spiro atoms. The SMILES string of the molecule is CCOC(=O)N(C)c1cc(Nc2ncc3cccc(C)c3n2)cc2[nH]cnc12. The van der Waals surface area contributed by atoms with Gasteiger partial charge >= 0.3 is 6.09 Å². The molecule has 0 aliphatic rings. The molecule has 2 heterocycles. The maximum Gasteiger partial charge on any atom is 0.414 e. The van der Waals surface area contributed by atoms with Gasteiger partial charge in [0.05, 0.1) is 29.7 Å². The Morgan fingerprint density at radius 2 is 2.11 bits per heavy atom. The number of rotatable bonds is 4. The smallest absolute Gasteiger partial charge is 0.414 e. The minimum atomic E-state index is -0.443. The third-order valence-corrected chi connectivity index (χ3v) is 4.48. The van der Waals surface area contributed by atoms with Crippen LogP contribution in [0.3, 0.4) is 0 Å². The molecule has 1 amide bonds. The molecule has 28 heavy (non-hydrogen) atoms. The molecule has 0 aliphatic carbocycles. The van der Waals surface area contributed by atoms with Crippen molar-refractivity contribution >= 4 is 45.4 Å². The number of amides is 1. The molecular formula is C20H20N6O2. The van der Waals surface area contributed by atoms with Gasteiger partial charge in [-0.15, -0.1) is 0 Å². The van der Waals surface area contributed by atoms with Crippen LogP contribution in [-0.2, 0) is 4.74 Å². The van der Waals surface area contributed by atoms with Gasteiger partial charge in [0.15, 0.2) is 0 Å². The molecule has 0 saturated heterocycles. The van der Waals surface area contributed by atoms with E-state index in [1.165, 1.54) is 4.90 Å². The van der Waals surface area contributed by atoms with Gasteiger partial charge in [0.2, 0.25) is 5.95 Å².